The minimum Gasteiger partial charge on any atom is -0.327 e. The van der Waals surface area contributed by atoms with E-state index in [-0.39, 0.29) is 16.9 Å². The molecule has 3 heteroatoms. The summed E-state index contributed by atoms with van der Waals surface area (Å²) >= 11 is 5.87. The highest BCUT2D eigenvalue weighted by molar-refractivity contribution is 6.31. The first kappa shape index (κ1) is 13.5. The van der Waals surface area contributed by atoms with E-state index < -0.39 is 0 Å². The van der Waals surface area contributed by atoms with Crippen molar-refractivity contribution in [3.63, 3.8) is 0 Å². The number of hydrogen-bond donors (Lipinski definition) is 1. The quantitative estimate of drug-likeness (QED) is 0.837. The fourth-order valence-electron chi connectivity index (χ4n) is 1.64. The summed E-state index contributed by atoms with van der Waals surface area (Å²) in [5.74, 6) is 0.282. The van der Waals surface area contributed by atoms with Gasteiger partial charge in [0.15, 0.2) is 0 Å². The van der Waals surface area contributed by atoms with Crippen LogP contribution in [0, 0.1) is 11.7 Å². The normalized spacial score (nSPS) is 13.1. The molecule has 0 aromatic heterocycles. The molecule has 1 unspecified atom stereocenters. The van der Waals surface area contributed by atoms with Gasteiger partial charge < -0.3 is 5.73 Å². The Morgan fingerprint density at radius 2 is 2.00 bits per heavy atom. The fraction of sp³-hybridized carbons (Fsp3) is 0.538. The van der Waals surface area contributed by atoms with Crippen molar-refractivity contribution >= 4 is 11.6 Å². The second-order valence-corrected chi connectivity index (χ2v) is 5.03. The zero-order valence-electron chi connectivity index (χ0n) is 9.84. The maximum absolute atomic E-state index is 13.2. The monoisotopic (exact) mass is 243 g/mol. The molecule has 0 bridgehead atoms. The Kier molecular flexibility index (Phi) is 5.23. The van der Waals surface area contributed by atoms with Crippen LogP contribution in [-0.2, 0) is 6.42 Å². The van der Waals surface area contributed by atoms with Gasteiger partial charge in [-0.3, -0.25) is 0 Å². The Morgan fingerprint density at radius 1 is 1.31 bits per heavy atom. The molecule has 0 heterocycles. The molecule has 0 fully saturated rings. The van der Waals surface area contributed by atoms with Gasteiger partial charge in [-0.15, -0.1) is 0 Å². The molecule has 0 saturated heterocycles. The van der Waals surface area contributed by atoms with Gasteiger partial charge in [0.25, 0.3) is 0 Å². The summed E-state index contributed by atoms with van der Waals surface area (Å²) in [5, 5.41) is 0.211. The molecular weight excluding hydrogens is 225 g/mol. The Morgan fingerprint density at radius 3 is 2.62 bits per heavy atom. The summed E-state index contributed by atoms with van der Waals surface area (Å²) in [4.78, 5) is 0. The zero-order valence-corrected chi connectivity index (χ0v) is 10.6. The van der Waals surface area contributed by atoms with Crippen LogP contribution in [0.2, 0.25) is 5.02 Å². The molecule has 0 saturated carbocycles. The molecule has 1 aromatic carbocycles. The maximum atomic E-state index is 13.2. The third-order valence-electron chi connectivity index (χ3n) is 2.63. The van der Waals surface area contributed by atoms with Gasteiger partial charge in [0.05, 0.1) is 5.02 Å². The van der Waals surface area contributed by atoms with Crippen molar-refractivity contribution in [2.24, 2.45) is 11.7 Å². The van der Waals surface area contributed by atoms with Crippen LogP contribution in [0.15, 0.2) is 18.2 Å². The minimum absolute atomic E-state index is 0.0571. The molecule has 1 rings (SSSR count). The highest BCUT2D eigenvalue weighted by atomic mass is 35.5. The lowest BCUT2D eigenvalue weighted by Crippen LogP contribution is -2.23. The predicted molar refractivity (Wildman–Crippen MR) is 67.2 cm³/mol. The van der Waals surface area contributed by atoms with Crippen LogP contribution >= 0.6 is 11.6 Å². The largest absolute Gasteiger partial charge is 0.327 e. The van der Waals surface area contributed by atoms with Crippen molar-refractivity contribution in [2.45, 2.75) is 39.2 Å². The molecule has 90 valence electrons. The van der Waals surface area contributed by atoms with Gasteiger partial charge in [0, 0.05) is 6.04 Å². The standard InChI is InChI=1S/C13H19ClFN/c1-9(2)6-7-11(16)8-10-4-3-5-12(15)13(10)14/h3-5,9,11H,6-8,16H2,1-2H3. The molecule has 0 spiro atoms. The van der Waals surface area contributed by atoms with Gasteiger partial charge >= 0.3 is 0 Å². The van der Waals surface area contributed by atoms with E-state index in [1.165, 1.54) is 6.07 Å². The fourth-order valence-corrected chi connectivity index (χ4v) is 1.84. The molecule has 2 N–H and O–H groups in total. The third kappa shape index (κ3) is 4.11. The van der Waals surface area contributed by atoms with Gasteiger partial charge in [-0.1, -0.05) is 37.6 Å². The van der Waals surface area contributed by atoms with Gasteiger partial charge in [-0.2, -0.15) is 0 Å². The summed E-state index contributed by atoms with van der Waals surface area (Å²) < 4.78 is 13.2. The van der Waals surface area contributed by atoms with Crippen LogP contribution in [0.5, 0.6) is 0 Å². The smallest absolute Gasteiger partial charge is 0.142 e. The summed E-state index contributed by atoms with van der Waals surface area (Å²) in [6.45, 7) is 4.34. The molecular formula is C13H19ClFN. The van der Waals surface area contributed by atoms with Gasteiger partial charge in [0.1, 0.15) is 5.82 Å². The summed E-state index contributed by atoms with van der Waals surface area (Å²) in [6.07, 6.45) is 2.68. The Hall–Kier alpha value is -0.600. The first-order chi connectivity index (χ1) is 7.50. The molecule has 16 heavy (non-hydrogen) atoms. The lowest BCUT2D eigenvalue weighted by Gasteiger charge is -2.14. The van der Waals surface area contributed by atoms with Crippen molar-refractivity contribution in [3.8, 4) is 0 Å². The van der Waals surface area contributed by atoms with Crippen LogP contribution < -0.4 is 5.73 Å². The minimum atomic E-state index is -0.366. The van der Waals surface area contributed by atoms with Crippen LogP contribution in [0.25, 0.3) is 0 Å². The zero-order chi connectivity index (χ0) is 12.1. The van der Waals surface area contributed by atoms with E-state index in [0.29, 0.717) is 12.3 Å². The SMILES string of the molecule is CC(C)CCC(N)Cc1cccc(F)c1Cl. The number of rotatable bonds is 5. The van der Waals surface area contributed by atoms with Crippen LogP contribution in [0.3, 0.4) is 0 Å². The van der Waals surface area contributed by atoms with Crippen LogP contribution in [-0.4, -0.2) is 6.04 Å². The van der Waals surface area contributed by atoms with Crippen molar-refractivity contribution in [1.82, 2.24) is 0 Å². The molecule has 0 radical (unpaired) electrons. The second kappa shape index (κ2) is 6.21. The molecule has 0 amide bonds. The molecule has 0 aliphatic heterocycles. The topological polar surface area (TPSA) is 26.0 Å². The first-order valence-corrected chi connectivity index (χ1v) is 6.07. The van der Waals surface area contributed by atoms with Crippen LogP contribution in [0.4, 0.5) is 4.39 Å². The lowest BCUT2D eigenvalue weighted by molar-refractivity contribution is 0.494. The Balaban J connectivity index is 2.56. The molecule has 0 aliphatic carbocycles. The lowest BCUT2D eigenvalue weighted by atomic mass is 9.98. The Bertz CT molecular complexity index is 339. The average Bonchev–Trinajstić information content (AvgIpc) is 2.22. The maximum Gasteiger partial charge on any atom is 0.142 e. The van der Waals surface area contributed by atoms with Crippen molar-refractivity contribution in [2.75, 3.05) is 0 Å². The highest BCUT2D eigenvalue weighted by Crippen LogP contribution is 2.21. The van der Waals surface area contributed by atoms with E-state index in [9.17, 15) is 4.39 Å². The molecule has 0 aliphatic rings. The molecule has 1 atom stereocenters. The summed E-state index contributed by atoms with van der Waals surface area (Å²) in [5.41, 5.74) is 6.80. The van der Waals surface area contributed by atoms with Crippen molar-refractivity contribution in [3.05, 3.63) is 34.6 Å². The molecule has 1 aromatic rings. The van der Waals surface area contributed by atoms with Gasteiger partial charge in [0.2, 0.25) is 0 Å². The highest BCUT2D eigenvalue weighted by Gasteiger charge is 2.10. The summed E-state index contributed by atoms with van der Waals surface area (Å²) in [6, 6.07) is 4.93. The number of nitrogens with two attached hydrogens (primary N) is 1. The first-order valence-electron chi connectivity index (χ1n) is 5.69. The van der Waals surface area contributed by atoms with E-state index in [1.807, 2.05) is 6.07 Å². The second-order valence-electron chi connectivity index (χ2n) is 4.65. The van der Waals surface area contributed by atoms with E-state index in [2.05, 4.69) is 13.8 Å². The van der Waals surface area contributed by atoms with E-state index in [0.717, 1.165) is 18.4 Å². The van der Waals surface area contributed by atoms with E-state index in [1.54, 1.807) is 6.07 Å². The predicted octanol–water partition coefficient (Wildman–Crippen LogP) is 3.79. The van der Waals surface area contributed by atoms with Crippen LogP contribution in [0.1, 0.15) is 32.3 Å². The number of hydrogen-bond acceptors (Lipinski definition) is 1. The Labute approximate surface area is 102 Å². The van der Waals surface area contributed by atoms with E-state index >= 15 is 0 Å². The van der Waals surface area contributed by atoms with E-state index in [4.69, 9.17) is 17.3 Å². The number of halogens is 2. The number of benzene rings is 1. The van der Waals surface area contributed by atoms with Crippen molar-refractivity contribution < 1.29 is 4.39 Å². The summed E-state index contributed by atoms with van der Waals surface area (Å²) in [7, 11) is 0. The molecule has 1 nitrogen and oxygen atoms in total. The average molecular weight is 244 g/mol. The van der Waals surface area contributed by atoms with Gasteiger partial charge in [-0.25, -0.2) is 4.39 Å². The van der Waals surface area contributed by atoms with Crippen molar-refractivity contribution in [1.29, 1.82) is 0 Å². The third-order valence-corrected chi connectivity index (χ3v) is 3.05. The van der Waals surface area contributed by atoms with Gasteiger partial charge in [-0.05, 0) is 36.8 Å².